The molecule has 0 amide bonds. The second-order valence-corrected chi connectivity index (χ2v) is 6.98. The van der Waals surface area contributed by atoms with E-state index in [9.17, 15) is 9.90 Å². The van der Waals surface area contributed by atoms with Gasteiger partial charge in [-0.3, -0.25) is 0 Å². The summed E-state index contributed by atoms with van der Waals surface area (Å²) in [6.45, 7) is 1.12. The monoisotopic (exact) mass is 421 g/mol. The molecule has 3 rings (SSSR count). The number of hydrogen-bond acceptors (Lipinski definition) is 6. The Bertz CT molecular complexity index is 973. The number of nitrogens with one attached hydrogen (secondary N) is 1. The highest BCUT2D eigenvalue weighted by atomic mass is 16.5. The molecule has 0 fully saturated rings. The van der Waals surface area contributed by atoms with E-state index in [0.717, 1.165) is 17.5 Å². The Morgan fingerprint density at radius 2 is 1.65 bits per heavy atom. The highest BCUT2D eigenvalue weighted by molar-refractivity contribution is 5.90. The molecule has 0 bridgehead atoms. The van der Waals surface area contributed by atoms with Crippen LogP contribution in [0.25, 0.3) is 0 Å². The number of aliphatic hydroxyl groups is 1. The lowest BCUT2D eigenvalue weighted by Crippen LogP contribution is -2.23. The van der Waals surface area contributed by atoms with Crippen LogP contribution in [0.1, 0.15) is 27.6 Å². The van der Waals surface area contributed by atoms with Crippen molar-refractivity contribution in [1.82, 2.24) is 5.32 Å². The predicted molar refractivity (Wildman–Crippen MR) is 119 cm³/mol. The largest absolute Gasteiger partial charge is 0.493 e. The first-order valence-corrected chi connectivity index (χ1v) is 10.1. The molecule has 0 saturated carbocycles. The number of carbonyl (C=O) groups is 1. The minimum absolute atomic E-state index is 0.411. The summed E-state index contributed by atoms with van der Waals surface area (Å²) in [6.07, 6.45) is 0.130. The van der Waals surface area contributed by atoms with E-state index in [-0.39, 0.29) is 0 Å². The number of esters is 1. The summed E-state index contributed by atoms with van der Waals surface area (Å²) < 4.78 is 15.9. The molecule has 1 atom stereocenters. The van der Waals surface area contributed by atoms with Crippen LogP contribution >= 0.6 is 0 Å². The minimum atomic E-state index is -0.663. The van der Waals surface area contributed by atoms with Crippen molar-refractivity contribution in [1.29, 1.82) is 0 Å². The Kier molecular flexibility index (Phi) is 8.04. The maximum atomic E-state index is 12.1. The topological polar surface area (TPSA) is 77.0 Å². The van der Waals surface area contributed by atoms with Gasteiger partial charge in [0.05, 0.1) is 25.9 Å². The molecule has 0 saturated heterocycles. The first kappa shape index (κ1) is 22.3. The van der Waals surface area contributed by atoms with E-state index in [1.165, 1.54) is 0 Å². The molecule has 3 aromatic rings. The first-order valence-electron chi connectivity index (χ1n) is 10.1. The number of benzene rings is 3. The summed E-state index contributed by atoms with van der Waals surface area (Å²) in [6, 6.07) is 21.5. The molecular weight excluding hydrogens is 394 g/mol. The third-order valence-electron chi connectivity index (χ3n) is 4.86. The van der Waals surface area contributed by atoms with Crippen LogP contribution in [0.3, 0.4) is 0 Å². The van der Waals surface area contributed by atoms with Gasteiger partial charge in [-0.25, -0.2) is 4.79 Å². The van der Waals surface area contributed by atoms with Crippen LogP contribution in [0, 0.1) is 0 Å². The Balaban J connectivity index is 1.45. The molecule has 0 spiro atoms. The van der Waals surface area contributed by atoms with Crippen molar-refractivity contribution in [2.75, 3.05) is 27.3 Å². The summed E-state index contributed by atoms with van der Waals surface area (Å²) in [4.78, 5) is 12.1. The van der Waals surface area contributed by atoms with Crippen LogP contribution in [-0.4, -0.2) is 38.4 Å². The molecule has 0 heterocycles. The van der Waals surface area contributed by atoms with Crippen LogP contribution in [0.5, 0.6) is 17.2 Å². The van der Waals surface area contributed by atoms with E-state index in [0.29, 0.717) is 35.9 Å². The molecular formula is C25H27NO5. The molecule has 6 heteroatoms. The molecule has 6 nitrogen and oxygen atoms in total. The fraction of sp³-hybridized carbons (Fsp3) is 0.240. The quantitative estimate of drug-likeness (QED) is 0.295. The normalized spacial score (nSPS) is 11.6. The van der Waals surface area contributed by atoms with E-state index in [1.54, 1.807) is 62.8 Å². The van der Waals surface area contributed by atoms with E-state index in [2.05, 4.69) is 5.32 Å². The fourth-order valence-electron chi connectivity index (χ4n) is 3.12. The predicted octanol–water partition coefficient (Wildman–Crippen LogP) is 3.79. The Morgan fingerprint density at radius 3 is 2.32 bits per heavy atom. The van der Waals surface area contributed by atoms with Crippen molar-refractivity contribution in [2.45, 2.75) is 12.5 Å². The van der Waals surface area contributed by atoms with Gasteiger partial charge in [0, 0.05) is 6.54 Å². The van der Waals surface area contributed by atoms with Crippen molar-refractivity contribution in [3.05, 3.63) is 89.5 Å². The third-order valence-corrected chi connectivity index (χ3v) is 4.86. The summed E-state index contributed by atoms with van der Waals surface area (Å²) >= 11 is 0. The standard InChI is InChI=1S/C25H27NO5/c1-29-23-13-8-18(16-24(23)30-2)14-15-26-17-22(27)19-9-11-21(12-10-19)31-25(28)20-6-4-3-5-7-20/h3-13,16,22,26-27H,14-15,17H2,1-2H3. The molecule has 0 aromatic heterocycles. The zero-order valence-electron chi connectivity index (χ0n) is 17.7. The first-order chi connectivity index (χ1) is 15.1. The zero-order chi connectivity index (χ0) is 22.1. The minimum Gasteiger partial charge on any atom is -0.493 e. The van der Waals surface area contributed by atoms with Gasteiger partial charge in [-0.15, -0.1) is 0 Å². The molecule has 3 aromatic carbocycles. The van der Waals surface area contributed by atoms with Crippen LogP contribution in [0.4, 0.5) is 0 Å². The molecule has 0 radical (unpaired) electrons. The van der Waals surface area contributed by atoms with E-state index in [1.807, 2.05) is 24.3 Å². The van der Waals surface area contributed by atoms with Crippen LogP contribution < -0.4 is 19.5 Å². The molecule has 31 heavy (non-hydrogen) atoms. The number of ether oxygens (including phenoxy) is 3. The van der Waals surface area contributed by atoms with Crippen LogP contribution in [-0.2, 0) is 6.42 Å². The Labute approximate surface area is 182 Å². The Hall–Kier alpha value is -3.35. The SMILES string of the molecule is COc1ccc(CCNCC(O)c2ccc(OC(=O)c3ccccc3)cc2)cc1OC. The van der Waals surface area contributed by atoms with Gasteiger partial charge >= 0.3 is 5.97 Å². The van der Waals surface area contributed by atoms with E-state index in [4.69, 9.17) is 14.2 Å². The second-order valence-electron chi connectivity index (χ2n) is 6.98. The lowest BCUT2D eigenvalue weighted by Gasteiger charge is -2.14. The van der Waals surface area contributed by atoms with Gasteiger partial charge in [-0.1, -0.05) is 36.4 Å². The smallest absolute Gasteiger partial charge is 0.343 e. The Morgan fingerprint density at radius 1 is 0.935 bits per heavy atom. The van der Waals surface area contributed by atoms with Gasteiger partial charge in [-0.05, 0) is 60.5 Å². The van der Waals surface area contributed by atoms with Crippen molar-refractivity contribution in [3.8, 4) is 17.2 Å². The maximum absolute atomic E-state index is 12.1. The molecule has 1 unspecified atom stereocenters. The lowest BCUT2D eigenvalue weighted by molar-refractivity contribution is 0.0734. The lowest BCUT2D eigenvalue weighted by atomic mass is 10.1. The van der Waals surface area contributed by atoms with Gasteiger partial charge in [-0.2, -0.15) is 0 Å². The molecule has 162 valence electrons. The van der Waals surface area contributed by atoms with Gasteiger partial charge in [0.1, 0.15) is 5.75 Å². The second kappa shape index (κ2) is 11.2. The summed E-state index contributed by atoms with van der Waals surface area (Å²) in [5.41, 5.74) is 2.35. The molecule has 2 N–H and O–H groups in total. The van der Waals surface area contributed by atoms with Crippen molar-refractivity contribution in [3.63, 3.8) is 0 Å². The van der Waals surface area contributed by atoms with Gasteiger partial charge in [0.15, 0.2) is 11.5 Å². The van der Waals surface area contributed by atoms with Gasteiger partial charge in [0.25, 0.3) is 0 Å². The third kappa shape index (κ3) is 6.31. The molecule has 0 aliphatic rings. The zero-order valence-corrected chi connectivity index (χ0v) is 17.7. The van der Waals surface area contributed by atoms with Crippen molar-refractivity contribution >= 4 is 5.97 Å². The summed E-state index contributed by atoms with van der Waals surface area (Å²) in [7, 11) is 3.23. The molecule has 0 aliphatic heterocycles. The highest BCUT2D eigenvalue weighted by Crippen LogP contribution is 2.27. The summed E-state index contributed by atoms with van der Waals surface area (Å²) in [5.74, 6) is 1.43. The van der Waals surface area contributed by atoms with Gasteiger partial charge < -0.3 is 24.6 Å². The maximum Gasteiger partial charge on any atom is 0.343 e. The average molecular weight is 421 g/mol. The van der Waals surface area contributed by atoms with Crippen molar-refractivity contribution in [2.24, 2.45) is 0 Å². The van der Waals surface area contributed by atoms with E-state index < -0.39 is 12.1 Å². The van der Waals surface area contributed by atoms with E-state index >= 15 is 0 Å². The highest BCUT2D eigenvalue weighted by Gasteiger charge is 2.11. The number of methoxy groups -OCH3 is 2. The molecule has 0 aliphatic carbocycles. The van der Waals surface area contributed by atoms with Crippen molar-refractivity contribution < 1.29 is 24.1 Å². The average Bonchev–Trinajstić information content (AvgIpc) is 2.82. The number of hydrogen-bond donors (Lipinski definition) is 2. The van der Waals surface area contributed by atoms with Crippen LogP contribution in [0.15, 0.2) is 72.8 Å². The number of aliphatic hydroxyl groups excluding tert-OH is 1. The number of carbonyl (C=O) groups excluding carboxylic acids is 1. The fourth-order valence-corrected chi connectivity index (χ4v) is 3.12. The van der Waals surface area contributed by atoms with Gasteiger partial charge in [0.2, 0.25) is 0 Å². The number of rotatable bonds is 10. The summed E-state index contributed by atoms with van der Waals surface area (Å²) in [5, 5.41) is 13.7. The van der Waals surface area contributed by atoms with Crippen LogP contribution in [0.2, 0.25) is 0 Å².